The van der Waals surface area contributed by atoms with E-state index in [2.05, 4.69) is 37.6 Å². The molecule has 0 atom stereocenters. The molecule has 0 heterocycles. The van der Waals surface area contributed by atoms with Gasteiger partial charge in [-0.1, -0.05) is 77.2 Å². The highest BCUT2D eigenvalue weighted by Gasteiger charge is 1.99. The van der Waals surface area contributed by atoms with Crippen LogP contribution in [0.25, 0.3) is 0 Å². The molecule has 2 nitrogen and oxygen atoms in total. The molecule has 1 N–H and O–H groups in total. The van der Waals surface area contributed by atoms with Crippen LogP contribution < -0.4 is 5.32 Å². The Kier molecular flexibility index (Phi) is 17.2. The van der Waals surface area contributed by atoms with Gasteiger partial charge in [0.15, 0.2) is 0 Å². The molecule has 0 spiro atoms. The highest BCUT2D eigenvalue weighted by molar-refractivity contribution is 5.75. The van der Waals surface area contributed by atoms with E-state index in [0.29, 0.717) is 6.42 Å². The zero-order valence-electron chi connectivity index (χ0n) is 16.2. The van der Waals surface area contributed by atoms with Crippen molar-refractivity contribution in [2.45, 2.75) is 104 Å². The summed E-state index contributed by atoms with van der Waals surface area (Å²) in [4.78, 5) is 11.4. The van der Waals surface area contributed by atoms with Crippen LogP contribution in [-0.4, -0.2) is 12.5 Å². The summed E-state index contributed by atoms with van der Waals surface area (Å²) in [6.07, 6.45) is 16.0. The zero-order chi connectivity index (χ0) is 17.9. The number of hydrogen-bond acceptors (Lipinski definition) is 1. The molecule has 0 aliphatic rings. The fraction of sp³-hybridized carbons (Fsp3) is 0.773. The summed E-state index contributed by atoms with van der Waals surface area (Å²) in [5.41, 5.74) is 1.09. The van der Waals surface area contributed by atoms with E-state index in [9.17, 15) is 4.79 Å². The normalized spacial score (nSPS) is 10.1. The molecule has 0 fully saturated rings. The molecule has 0 aromatic carbocycles. The fourth-order valence-corrected chi connectivity index (χ4v) is 2.57. The highest BCUT2D eigenvalue weighted by atomic mass is 16.1. The third-order valence-corrected chi connectivity index (χ3v) is 4.13. The van der Waals surface area contributed by atoms with Crippen molar-refractivity contribution in [3.05, 3.63) is 12.2 Å². The van der Waals surface area contributed by atoms with Crippen molar-refractivity contribution in [3.63, 3.8) is 0 Å². The summed E-state index contributed by atoms with van der Waals surface area (Å²) in [5.74, 6) is 6.68. The van der Waals surface area contributed by atoms with Crippen molar-refractivity contribution in [2.24, 2.45) is 0 Å². The van der Waals surface area contributed by atoms with Crippen molar-refractivity contribution in [1.82, 2.24) is 5.32 Å². The van der Waals surface area contributed by atoms with Crippen LogP contribution in [-0.2, 0) is 4.79 Å². The van der Waals surface area contributed by atoms with E-state index in [4.69, 9.17) is 0 Å². The van der Waals surface area contributed by atoms with Gasteiger partial charge in [0.05, 0.1) is 0 Å². The van der Waals surface area contributed by atoms with E-state index in [0.717, 1.165) is 44.2 Å². The Labute approximate surface area is 150 Å². The maximum Gasteiger partial charge on any atom is 0.219 e. The van der Waals surface area contributed by atoms with Crippen LogP contribution in [0, 0.1) is 11.8 Å². The number of carbonyl (C=O) groups is 1. The lowest BCUT2D eigenvalue weighted by molar-refractivity contribution is -0.121. The molecule has 2 heteroatoms. The predicted octanol–water partition coefficient (Wildman–Crippen LogP) is 6.16. The minimum absolute atomic E-state index is 0.204. The lowest BCUT2D eigenvalue weighted by atomic mass is 10.1. The van der Waals surface area contributed by atoms with Crippen LogP contribution >= 0.6 is 0 Å². The Morgan fingerprint density at radius 1 is 0.833 bits per heavy atom. The number of hydrogen-bond donors (Lipinski definition) is 1. The van der Waals surface area contributed by atoms with E-state index in [1.54, 1.807) is 0 Å². The molecule has 0 unspecified atom stereocenters. The molecule has 0 radical (unpaired) electrons. The molecule has 0 aromatic rings. The molecule has 0 aliphatic carbocycles. The lowest BCUT2D eigenvalue weighted by Gasteiger charge is -2.03. The maximum atomic E-state index is 11.4. The zero-order valence-corrected chi connectivity index (χ0v) is 16.2. The number of rotatable bonds is 15. The largest absolute Gasteiger partial charge is 0.356 e. The molecule has 0 saturated heterocycles. The molecule has 0 bridgehead atoms. The minimum Gasteiger partial charge on any atom is -0.356 e. The van der Waals surface area contributed by atoms with E-state index in [-0.39, 0.29) is 5.91 Å². The summed E-state index contributed by atoms with van der Waals surface area (Å²) in [6, 6.07) is 0. The molecule has 0 rings (SSSR count). The average molecular weight is 334 g/mol. The van der Waals surface area contributed by atoms with Gasteiger partial charge < -0.3 is 5.32 Å². The van der Waals surface area contributed by atoms with Crippen LogP contribution in [0.15, 0.2) is 12.2 Å². The van der Waals surface area contributed by atoms with Crippen LogP contribution in [0.5, 0.6) is 0 Å². The number of unbranched alkanes of at least 4 members (excludes halogenated alkanes) is 9. The van der Waals surface area contributed by atoms with E-state index in [1.165, 1.54) is 51.4 Å². The second-order valence-electron chi connectivity index (χ2n) is 6.69. The lowest BCUT2D eigenvalue weighted by Crippen LogP contribution is -2.23. The Balaban J connectivity index is 3.39. The van der Waals surface area contributed by atoms with Crippen molar-refractivity contribution in [3.8, 4) is 11.8 Å². The third kappa shape index (κ3) is 17.1. The smallest absolute Gasteiger partial charge is 0.219 e. The number of nitrogens with one attached hydrogen (secondary N) is 1. The highest BCUT2D eigenvalue weighted by Crippen LogP contribution is 2.10. The first-order valence-corrected chi connectivity index (χ1v) is 10.1. The van der Waals surface area contributed by atoms with E-state index in [1.807, 2.05) is 0 Å². The number of amides is 1. The molecule has 138 valence electrons. The summed E-state index contributed by atoms with van der Waals surface area (Å²) in [5, 5.41) is 2.92. The van der Waals surface area contributed by atoms with Crippen molar-refractivity contribution >= 4 is 5.91 Å². The van der Waals surface area contributed by atoms with Gasteiger partial charge in [-0.2, -0.15) is 0 Å². The average Bonchev–Trinajstić information content (AvgIpc) is 2.58. The first-order valence-electron chi connectivity index (χ1n) is 10.1. The van der Waals surface area contributed by atoms with Gasteiger partial charge in [-0.25, -0.2) is 0 Å². The third-order valence-electron chi connectivity index (χ3n) is 4.13. The number of carbonyl (C=O) groups excluding carboxylic acids is 1. The quantitative estimate of drug-likeness (QED) is 0.282. The van der Waals surface area contributed by atoms with Crippen LogP contribution in [0.2, 0.25) is 0 Å². The van der Waals surface area contributed by atoms with Crippen LogP contribution in [0.3, 0.4) is 0 Å². The van der Waals surface area contributed by atoms with Gasteiger partial charge in [0, 0.05) is 19.4 Å². The predicted molar refractivity (Wildman–Crippen MR) is 106 cm³/mol. The molecular weight excluding hydrogens is 294 g/mol. The Morgan fingerprint density at radius 3 is 2.17 bits per heavy atom. The molecule has 0 aliphatic heterocycles. The van der Waals surface area contributed by atoms with Gasteiger partial charge in [-0.3, -0.25) is 4.79 Å². The molecule has 24 heavy (non-hydrogen) atoms. The summed E-state index contributed by atoms with van der Waals surface area (Å²) >= 11 is 0. The van der Waals surface area contributed by atoms with Gasteiger partial charge in [-0.15, -0.1) is 0 Å². The summed E-state index contributed by atoms with van der Waals surface area (Å²) < 4.78 is 0. The Bertz CT molecular complexity index is 375. The van der Waals surface area contributed by atoms with Gasteiger partial charge in [-0.05, 0) is 37.7 Å². The van der Waals surface area contributed by atoms with Crippen molar-refractivity contribution in [2.75, 3.05) is 6.54 Å². The summed E-state index contributed by atoms with van der Waals surface area (Å²) in [7, 11) is 0. The monoisotopic (exact) mass is 333 g/mol. The van der Waals surface area contributed by atoms with Gasteiger partial charge >= 0.3 is 0 Å². The van der Waals surface area contributed by atoms with Crippen molar-refractivity contribution < 1.29 is 4.79 Å². The molecule has 0 aromatic heterocycles. The number of allylic oxidation sites excluding steroid dienone is 1. The Hall–Kier alpha value is -1.23. The molecule has 1 amide bonds. The SMILES string of the molecule is C=C(C#CCCCCCCC)CCCCCCCC(=O)NCCC. The second-order valence-corrected chi connectivity index (χ2v) is 6.69. The standard InChI is InChI=1S/C22H39NO/c1-4-6-7-8-9-11-14-17-21(3)18-15-12-10-13-16-19-22(24)23-20-5-2/h3-13,15-16,18-20H2,1-2H3,(H,23,24). The molecule has 0 saturated carbocycles. The second kappa shape index (κ2) is 18.1. The van der Waals surface area contributed by atoms with Gasteiger partial charge in [0.2, 0.25) is 5.91 Å². The summed E-state index contributed by atoms with van der Waals surface area (Å²) in [6.45, 7) is 9.19. The first kappa shape index (κ1) is 22.8. The fourth-order valence-electron chi connectivity index (χ4n) is 2.57. The maximum absolute atomic E-state index is 11.4. The Morgan fingerprint density at radius 2 is 1.46 bits per heavy atom. The first-order chi connectivity index (χ1) is 11.7. The van der Waals surface area contributed by atoms with E-state index < -0.39 is 0 Å². The minimum atomic E-state index is 0.204. The topological polar surface area (TPSA) is 29.1 Å². The van der Waals surface area contributed by atoms with Gasteiger partial charge in [0.25, 0.3) is 0 Å². The molecular formula is C22H39NO. The van der Waals surface area contributed by atoms with Crippen molar-refractivity contribution in [1.29, 1.82) is 0 Å². The van der Waals surface area contributed by atoms with Crippen LogP contribution in [0.1, 0.15) is 104 Å². The van der Waals surface area contributed by atoms with E-state index >= 15 is 0 Å². The van der Waals surface area contributed by atoms with Gasteiger partial charge in [0.1, 0.15) is 0 Å². The van der Waals surface area contributed by atoms with Crippen LogP contribution in [0.4, 0.5) is 0 Å².